The Hall–Kier alpha value is -1.28. The van der Waals surface area contributed by atoms with E-state index in [1.165, 1.54) is 6.92 Å². The van der Waals surface area contributed by atoms with Crippen molar-refractivity contribution in [3.05, 3.63) is 9.81 Å². The Kier molecular flexibility index (Phi) is 14.6. The molecule has 78 valence electrons. The summed E-state index contributed by atoms with van der Waals surface area (Å²) in [7, 11) is 0. The summed E-state index contributed by atoms with van der Waals surface area (Å²) >= 11 is 0. The van der Waals surface area contributed by atoms with E-state index in [9.17, 15) is 9.81 Å². The van der Waals surface area contributed by atoms with Gasteiger partial charge < -0.3 is 19.9 Å². The molecule has 0 fully saturated rings. The topological polar surface area (TPSA) is 118 Å². The molecular formula is C5H12N2O6. The first-order valence-corrected chi connectivity index (χ1v) is 3.37. The Morgan fingerprint density at radius 2 is 1.77 bits per heavy atom. The highest BCUT2D eigenvalue weighted by Crippen LogP contribution is 1.91. The summed E-state index contributed by atoms with van der Waals surface area (Å²) in [5.74, 6) is 0. The van der Waals surface area contributed by atoms with Crippen molar-refractivity contribution in [2.75, 3.05) is 19.8 Å². The molecule has 8 nitrogen and oxygen atoms in total. The van der Waals surface area contributed by atoms with Crippen LogP contribution in [0, 0.1) is 9.81 Å². The average molecular weight is 196 g/mol. The van der Waals surface area contributed by atoms with E-state index >= 15 is 0 Å². The Bertz CT molecular complexity index is 120. The summed E-state index contributed by atoms with van der Waals surface area (Å²) in [6.07, 6.45) is -0.528. The minimum atomic E-state index is -0.528. The lowest BCUT2D eigenvalue weighted by Crippen LogP contribution is -2.10. The van der Waals surface area contributed by atoms with E-state index in [2.05, 4.69) is 20.4 Å². The summed E-state index contributed by atoms with van der Waals surface area (Å²) in [4.78, 5) is 26.7. The Labute approximate surface area is 74.3 Å². The molecule has 0 aliphatic carbocycles. The Morgan fingerprint density at radius 3 is 2.08 bits per heavy atom. The van der Waals surface area contributed by atoms with Gasteiger partial charge >= 0.3 is 0 Å². The van der Waals surface area contributed by atoms with Crippen molar-refractivity contribution in [1.29, 1.82) is 0 Å². The molecule has 0 saturated heterocycles. The van der Waals surface area contributed by atoms with Crippen LogP contribution in [0.25, 0.3) is 0 Å². The number of hydrogen-bond acceptors (Lipinski definition) is 8. The second-order valence-corrected chi connectivity index (χ2v) is 1.81. The lowest BCUT2D eigenvalue weighted by Gasteiger charge is -2.01. The molecular weight excluding hydrogens is 184 g/mol. The van der Waals surface area contributed by atoms with Gasteiger partial charge in [0.1, 0.15) is 0 Å². The van der Waals surface area contributed by atoms with Crippen molar-refractivity contribution < 1.29 is 19.9 Å². The summed E-state index contributed by atoms with van der Waals surface area (Å²) in [6.45, 7) is 1.21. The highest BCUT2D eigenvalue weighted by molar-refractivity contribution is 4.41. The standard InChI is InChI=1S/C3H6N2O4.C2H6O2/c1-3(9-5-7)2-8-4-6;3-1-2-4/h3H,2H2,1H3;3-4H,1-2H2. The molecule has 0 rings (SSSR count). The molecule has 0 bridgehead atoms. The number of aliphatic hydroxyl groups excluding tert-OH is 2. The zero-order valence-corrected chi connectivity index (χ0v) is 7.12. The van der Waals surface area contributed by atoms with Crippen molar-refractivity contribution in [1.82, 2.24) is 0 Å². The van der Waals surface area contributed by atoms with Crippen molar-refractivity contribution in [3.8, 4) is 0 Å². The number of aliphatic hydroxyl groups is 2. The van der Waals surface area contributed by atoms with Gasteiger partial charge in [0.2, 0.25) is 0 Å². The normalized spacial score (nSPS) is 10.4. The Balaban J connectivity index is 0. The minimum Gasteiger partial charge on any atom is -0.394 e. The summed E-state index contributed by atoms with van der Waals surface area (Å²) in [6, 6.07) is 0. The van der Waals surface area contributed by atoms with Gasteiger partial charge in [-0.05, 0) is 6.92 Å². The lowest BCUT2D eigenvalue weighted by atomic mass is 10.5. The van der Waals surface area contributed by atoms with Crippen LogP contribution in [0.4, 0.5) is 0 Å². The molecule has 0 heterocycles. The largest absolute Gasteiger partial charge is 0.394 e. The monoisotopic (exact) mass is 196 g/mol. The molecule has 1 unspecified atom stereocenters. The van der Waals surface area contributed by atoms with Crippen molar-refractivity contribution in [2.24, 2.45) is 10.7 Å². The van der Waals surface area contributed by atoms with E-state index in [1.54, 1.807) is 0 Å². The van der Waals surface area contributed by atoms with Crippen molar-refractivity contribution >= 4 is 0 Å². The third kappa shape index (κ3) is 18.1. The van der Waals surface area contributed by atoms with Crippen LogP contribution in [-0.2, 0) is 9.68 Å². The summed E-state index contributed by atoms with van der Waals surface area (Å²) < 4.78 is 0. The summed E-state index contributed by atoms with van der Waals surface area (Å²) in [5.41, 5.74) is 0. The maximum absolute atomic E-state index is 9.34. The zero-order chi connectivity index (χ0) is 10.5. The van der Waals surface area contributed by atoms with Gasteiger partial charge in [0, 0.05) is 0 Å². The van der Waals surface area contributed by atoms with Gasteiger partial charge in [-0.25, -0.2) is 0 Å². The predicted molar refractivity (Wildman–Crippen MR) is 42.3 cm³/mol. The molecule has 2 N–H and O–H groups in total. The van der Waals surface area contributed by atoms with Gasteiger partial charge in [0.25, 0.3) is 0 Å². The van der Waals surface area contributed by atoms with Crippen LogP contribution >= 0.6 is 0 Å². The third-order valence-corrected chi connectivity index (χ3v) is 0.685. The van der Waals surface area contributed by atoms with Gasteiger partial charge in [-0.1, -0.05) is 0 Å². The average Bonchev–Trinajstić information content (AvgIpc) is 2.16. The maximum Gasteiger partial charge on any atom is 0.164 e. The van der Waals surface area contributed by atoms with Crippen LogP contribution in [0.2, 0.25) is 0 Å². The van der Waals surface area contributed by atoms with Gasteiger partial charge in [0.05, 0.1) is 13.2 Å². The molecule has 0 aliphatic heterocycles. The van der Waals surface area contributed by atoms with Gasteiger partial charge in [-0.3, -0.25) is 0 Å². The lowest BCUT2D eigenvalue weighted by molar-refractivity contribution is -0.00610. The fourth-order valence-corrected chi connectivity index (χ4v) is 0.239. The molecule has 0 amide bonds. The first kappa shape index (κ1) is 14.3. The SMILES string of the molecule is CC(CON=O)ON=O.OCCO. The molecule has 0 radical (unpaired) electrons. The zero-order valence-electron chi connectivity index (χ0n) is 7.12. The maximum atomic E-state index is 9.34. The molecule has 0 saturated carbocycles. The van der Waals surface area contributed by atoms with E-state index in [1.807, 2.05) is 0 Å². The second-order valence-electron chi connectivity index (χ2n) is 1.81. The molecule has 0 aromatic rings. The summed E-state index contributed by atoms with van der Waals surface area (Å²) in [5, 5.41) is 19.4. The fourth-order valence-electron chi connectivity index (χ4n) is 0.239. The number of hydrogen-bond donors (Lipinski definition) is 2. The molecule has 0 aromatic heterocycles. The van der Waals surface area contributed by atoms with E-state index in [-0.39, 0.29) is 19.8 Å². The highest BCUT2D eigenvalue weighted by Gasteiger charge is 2.01. The smallest absolute Gasteiger partial charge is 0.164 e. The highest BCUT2D eigenvalue weighted by atomic mass is 16.8. The molecule has 13 heavy (non-hydrogen) atoms. The molecule has 0 aromatic carbocycles. The Morgan fingerprint density at radius 1 is 1.23 bits per heavy atom. The van der Waals surface area contributed by atoms with Crippen molar-refractivity contribution in [3.63, 3.8) is 0 Å². The van der Waals surface area contributed by atoms with Gasteiger partial charge in [-0.2, -0.15) is 0 Å². The number of rotatable bonds is 6. The quantitative estimate of drug-likeness (QED) is 0.446. The second kappa shape index (κ2) is 13.3. The van der Waals surface area contributed by atoms with Crippen LogP contribution in [0.1, 0.15) is 6.92 Å². The fraction of sp³-hybridized carbons (Fsp3) is 1.00. The van der Waals surface area contributed by atoms with E-state index in [0.717, 1.165) is 0 Å². The van der Waals surface area contributed by atoms with Crippen LogP contribution < -0.4 is 0 Å². The van der Waals surface area contributed by atoms with Crippen LogP contribution in [0.15, 0.2) is 10.7 Å². The van der Waals surface area contributed by atoms with Crippen LogP contribution in [-0.4, -0.2) is 36.1 Å². The van der Waals surface area contributed by atoms with Gasteiger partial charge in [0.15, 0.2) is 23.4 Å². The number of nitrogens with zero attached hydrogens (tertiary/aromatic N) is 2. The minimum absolute atomic E-state index is 0.0603. The predicted octanol–water partition coefficient (Wildman–Crippen LogP) is -0.258. The van der Waals surface area contributed by atoms with Crippen LogP contribution in [0.3, 0.4) is 0 Å². The van der Waals surface area contributed by atoms with Gasteiger partial charge in [-0.15, -0.1) is 9.81 Å². The van der Waals surface area contributed by atoms with E-state index in [0.29, 0.717) is 0 Å². The molecule has 1 atom stereocenters. The van der Waals surface area contributed by atoms with Crippen molar-refractivity contribution in [2.45, 2.75) is 13.0 Å². The van der Waals surface area contributed by atoms with E-state index < -0.39 is 6.10 Å². The molecule has 0 spiro atoms. The molecule has 0 aliphatic rings. The molecule has 8 heteroatoms. The first-order chi connectivity index (χ1) is 6.22. The first-order valence-electron chi connectivity index (χ1n) is 3.37. The van der Waals surface area contributed by atoms with E-state index in [4.69, 9.17) is 10.2 Å². The third-order valence-electron chi connectivity index (χ3n) is 0.685. The van der Waals surface area contributed by atoms with Crippen LogP contribution in [0.5, 0.6) is 0 Å².